The van der Waals surface area contributed by atoms with Crippen LogP contribution in [0.15, 0.2) is 11.3 Å². The van der Waals surface area contributed by atoms with Crippen molar-refractivity contribution in [3.05, 3.63) is 11.3 Å². The van der Waals surface area contributed by atoms with Gasteiger partial charge in [-0.1, -0.05) is 46.2 Å². The minimum absolute atomic E-state index is 0.0341. The minimum Gasteiger partial charge on any atom is -0.460 e. The maximum Gasteiger partial charge on any atom is 0.333 e. The molecule has 0 bridgehead atoms. The first kappa shape index (κ1) is 17.4. The van der Waals surface area contributed by atoms with Gasteiger partial charge in [-0.2, -0.15) is 0 Å². The fourth-order valence-electron chi connectivity index (χ4n) is 2.10. The second kappa shape index (κ2) is 8.52. The third-order valence-electron chi connectivity index (χ3n) is 3.71. The van der Waals surface area contributed by atoms with Crippen molar-refractivity contribution >= 4 is 14.8 Å². The molecule has 0 aromatic heterocycles. The van der Waals surface area contributed by atoms with E-state index >= 15 is 0 Å². The topological polar surface area (TPSA) is 26.3 Å². The lowest BCUT2D eigenvalue weighted by atomic mass is 10.3. The third-order valence-corrected chi connectivity index (χ3v) is 8.17. The molecular weight excluding hydrogens is 240 g/mol. The lowest BCUT2D eigenvalue weighted by molar-refractivity contribution is -0.142. The Morgan fingerprint density at radius 2 is 1.56 bits per heavy atom. The van der Waals surface area contributed by atoms with Crippen LogP contribution in [0, 0.1) is 0 Å². The van der Waals surface area contributed by atoms with Crippen molar-refractivity contribution in [1.82, 2.24) is 0 Å². The second-order valence-electron chi connectivity index (χ2n) is 5.65. The SMILES string of the molecule is CCC(C)[SiH](C=C(C)C(=O)OC(C)C)C(C)CC. The predicted octanol–water partition coefficient (Wildman–Crippen LogP) is 4.25. The zero-order chi connectivity index (χ0) is 14.3. The maximum atomic E-state index is 11.8. The van der Waals surface area contributed by atoms with Crippen LogP contribution in [-0.2, 0) is 9.53 Å². The monoisotopic (exact) mass is 270 g/mol. The van der Waals surface area contributed by atoms with E-state index in [4.69, 9.17) is 4.74 Å². The molecule has 0 heterocycles. The summed E-state index contributed by atoms with van der Waals surface area (Å²) in [5, 5.41) is 0. The maximum absolute atomic E-state index is 11.8. The van der Waals surface area contributed by atoms with Crippen LogP contribution in [0.5, 0.6) is 0 Å². The van der Waals surface area contributed by atoms with E-state index in [1.165, 1.54) is 12.8 Å². The molecule has 2 unspecified atom stereocenters. The summed E-state index contributed by atoms with van der Waals surface area (Å²) in [7, 11) is -1.04. The molecule has 0 spiro atoms. The van der Waals surface area contributed by atoms with E-state index in [-0.39, 0.29) is 12.1 Å². The molecule has 0 aromatic rings. The predicted molar refractivity (Wildman–Crippen MR) is 81.6 cm³/mol. The average molecular weight is 270 g/mol. The van der Waals surface area contributed by atoms with Crippen molar-refractivity contribution in [2.45, 2.75) is 78.5 Å². The summed E-state index contributed by atoms with van der Waals surface area (Å²) in [5.74, 6) is -0.144. The van der Waals surface area contributed by atoms with Gasteiger partial charge in [-0.25, -0.2) is 4.79 Å². The van der Waals surface area contributed by atoms with E-state index in [1.807, 2.05) is 20.8 Å². The van der Waals surface area contributed by atoms with E-state index in [0.29, 0.717) is 0 Å². The summed E-state index contributed by atoms with van der Waals surface area (Å²) < 4.78 is 5.25. The van der Waals surface area contributed by atoms with Crippen molar-refractivity contribution in [3.8, 4) is 0 Å². The Morgan fingerprint density at radius 1 is 1.11 bits per heavy atom. The first-order chi connectivity index (χ1) is 8.33. The molecule has 0 aromatic carbocycles. The Kier molecular flexibility index (Phi) is 8.24. The highest BCUT2D eigenvalue weighted by Crippen LogP contribution is 2.28. The van der Waals surface area contributed by atoms with Crippen LogP contribution in [0.3, 0.4) is 0 Å². The number of ether oxygens (including phenoxy) is 1. The first-order valence-electron chi connectivity index (χ1n) is 7.22. The summed E-state index contributed by atoms with van der Waals surface area (Å²) in [6, 6.07) is 0. The van der Waals surface area contributed by atoms with Crippen LogP contribution in [-0.4, -0.2) is 20.9 Å². The second-order valence-corrected chi connectivity index (χ2v) is 9.42. The van der Waals surface area contributed by atoms with Gasteiger partial charge in [0.2, 0.25) is 0 Å². The molecule has 0 saturated heterocycles. The number of esters is 1. The van der Waals surface area contributed by atoms with Crippen LogP contribution in [0.1, 0.15) is 61.3 Å². The average Bonchev–Trinajstić information content (AvgIpc) is 2.32. The van der Waals surface area contributed by atoms with Gasteiger partial charge < -0.3 is 4.74 Å². The van der Waals surface area contributed by atoms with E-state index in [1.54, 1.807) is 0 Å². The molecule has 0 radical (unpaired) electrons. The summed E-state index contributed by atoms with van der Waals surface area (Å²) in [4.78, 5) is 11.8. The summed E-state index contributed by atoms with van der Waals surface area (Å²) >= 11 is 0. The zero-order valence-electron chi connectivity index (χ0n) is 13.1. The molecule has 0 N–H and O–H groups in total. The van der Waals surface area contributed by atoms with Crippen molar-refractivity contribution in [2.24, 2.45) is 0 Å². The van der Waals surface area contributed by atoms with Crippen molar-refractivity contribution in [2.75, 3.05) is 0 Å². The lowest BCUT2D eigenvalue weighted by Crippen LogP contribution is -2.23. The largest absolute Gasteiger partial charge is 0.460 e. The molecule has 0 rings (SSSR count). The normalized spacial score (nSPS) is 17.4. The Hall–Kier alpha value is -0.573. The Morgan fingerprint density at radius 3 is 1.89 bits per heavy atom. The van der Waals surface area contributed by atoms with E-state index in [9.17, 15) is 4.79 Å². The van der Waals surface area contributed by atoms with Gasteiger partial charge in [-0.05, 0) is 31.9 Å². The summed E-state index contributed by atoms with van der Waals surface area (Å²) in [5.41, 5.74) is 4.54. The molecule has 2 nitrogen and oxygen atoms in total. The number of hydrogen-bond donors (Lipinski definition) is 0. The molecule has 18 heavy (non-hydrogen) atoms. The third kappa shape index (κ3) is 5.85. The zero-order valence-corrected chi connectivity index (χ0v) is 14.3. The van der Waals surface area contributed by atoms with Crippen molar-refractivity contribution in [1.29, 1.82) is 0 Å². The van der Waals surface area contributed by atoms with Gasteiger partial charge in [0, 0.05) is 5.57 Å². The molecule has 106 valence electrons. The molecular formula is C15H30O2Si. The van der Waals surface area contributed by atoms with Crippen LogP contribution in [0.2, 0.25) is 11.1 Å². The number of carbonyl (C=O) groups excluding carboxylic acids is 1. The summed E-state index contributed by atoms with van der Waals surface area (Å²) in [6.45, 7) is 14.8. The van der Waals surface area contributed by atoms with Crippen LogP contribution in [0.25, 0.3) is 0 Å². The van der Waals surface area contributed by atoms with Gasteiger partial charge in [-0.15, -0.1) is 0 Å². The van der Waals surface area contributed by atoms with Crippen LogP contribution < -0.4 is 0 Å². The molecule has 0 aliphatic rings. The fourth-order valence-corrected chi connectivity index (χ4v) is 5.68. The Labute approximate surface area is 114 Å². The number of hydrogen-bond acceptors (Lipinski definition) is 2. The van der Waals surface area contributed by atoms with Crippen molar-refractivity contribution in [3.63, 3.8) is 0 Å². The van der Waals surface area contributed by atoms with Gasteiger partial charge in [-0.3, -0.25) is 0 Å². The summed E-state index contributed by atoms with van der Waals surface area (Å²) in [6.07, 6.45) is 2.36. The smallest absolute Gasteiger partial charge is 0.333 e. The molecule has 0 aliphatic carbocycles. The van der Waals surface area contributed by atoms with E-state index < -0.39 is 8.80 Å². The van der Waals surface area contributed by atoms with Gasteiger partial charge >= 0.3 is 5.97 Å². The van der Waals surface area contributed by atoms with Crippen molar-refractivity contribution < 1.29 is 9.53 Å². The van der Waals surface area contributed by atoms with Gasteiger partial charge in [0.1, 0.15) is 0 Å². The first-order valence-corrected chi connectivity index (χ1v) is 9.22. The molecule has 0 saturated carbocycles. The van der Waals surface area contributed by atoms with Crippen LogP contribution in [0.4, 0.5) is 0 Å². The van der Waals surface area contributed by atoms with E-state index in [2.05, 4.69) is 33.4 Å². The molecule has 3 heteroatoms. The number of carbonyl (C=O) groups is 1. The van der Waals surface area contributed by atoms with Gasteiger partial charge in [0.05, 0.1) is 14.9 Å². The van der Waals surface area contributed by atoms with Gasteiger partial charge in [0.15, 0.2) is 0 Å². The highest BCUT2D eigenvalue weighted by Gasteiger charge is 2.22. The highest BCUT2D eigenvalue weighted by atomic mass is 28.3. The van der Waals surface area contributed by atoms with E-state index in [0.717, 1.165) is 16.7 Å². The minimum atomic E-state index is -1.04. The van der Waals surface area contributed by atoms with Crippen LogP contribution >= 0.6 is 0 Å². The Balaban J connectivity index is 4.87. The quantitative estimate of drug-likeness (QED) is 0.393. The van der Waals surface area contributed by atoms with Gasteiger partial charge in [0.25, 0.3) is 0 Å². The molecule has 0 amide bonds. The number of rotatable bonds is 7. The highest BCUT2D eigenvalue weighted by molar-refractivity contribution is 6.67. The fraction of sp³-hybridized carbons (Fsp3) is 0.800. The lowest BCUT2D eigenvalue weighted by Gasteiger charge is -2.24. The molecule has 0 aliphatic heterocycles. The standard InChI is InChI=1S/C15H30O2Si/c1-8-13(6)18(14(7)9-2)10-12(5)15(16)17-11(3)4/h10-11,13-14,18H,8-9H2,1-7H3. The molecule has 0 fully saturated rings. The Bertz CT molecular complexity index is 274. The molecule has 2 atom stereocenters.